The molecule has 1 N–H and O–H groups in total. The van der Waals surface area contributed by atoms with E-state index < -0.39 is 0 Å². The molecule has 1 aromatic carbocycles. The van der Waals surface area contributed by atoms with Crippen LogP contribution < -0.4 is 4.90 Å². The Morgan fingerprint density at radius 2 is 1.61 bits per heavy atom. The standard InChI is InChI=1S/C22H22N6/c1-27-6-8-28(9-7-27)19-4-2-16(3-5-19)17-10-20-21(14-26-22(20)25-13-17)18-11-23-15-24-12-18/h2-5,10-15H,6-9H2,1H3,(H,25,26). The van der Waals surface area contributed by atoms with Crippen LogP contribution in [0.1, 0.15) is 0 Å². The van der Waals surface area contributed by atoms with Gasteiger partial charge in [0, 0.05) is 78.7 Å². The van der Waals surface area contributed by atoms with E-state index in [0.717, 1.165) is 53.9 Å². The highest BCUT2D eigenvalue weighted by atomic mass is 15.2. The second kappa shape index (κ2) is 7.05. The minimum Gasteiger partial charge on any atom is -0.369 e. The van der Waals surface area contributed by atoms with Crippen molar-refractivity contribution < 1.29 is 0 Å². The number of H-pyrrole nitrogens is 1. The number of anilines is 1. The van der Waals surface area contributed by atoms with Gasteiger partial charge in [0.05, 0.1) is 0 Å². The molecular formula is C22H22N6. The second-order valence-electron chi connectivity index (χ2n) is 7.29. The van der Waals surface area contributed by atoms with E-state index >= 15 is 0 Å². The van der Waals surface area contributed by atoms with Gasteiger partial charge in [-0.1, -0.05) is 12.1 Å². The maximum atomic E-state index is 4.61. The zero-order valence-corrected chi connectivity index (χ0v) is 15.8. The van der Waals surface area contributed by atoms with E-state index in [1.807, 2.05) is 24.8 Å². The van der Waals surface area contributed by atoms with Crippen molar-refractivity contribution in [3.05, 3.63) is 61.4 Å². The predicted molar refractivity (Wildman–Crippen MR) is 112 cm³/mol. The number of hydrogen-bond acceptors (Lipinski definition) is 5. The Morgan fingerprint density at radius 3 is 2.36 bits per heavy atom. The van der Waals surface area contributed by atoms with Crippen molar-refractivity contribution in [3.63, 3.8) is 0 Å². The summed E-state index contributed by atoms with van der Waals surface area (Å²) >= 11 is 0. The topological polar surface area (TPSA) is 60.9 Å². The summed E-state index contributed by atoms with van der Waals surface area (Å²) in [6.07, 6.45) is 9.09. The lowest BCUT2D eigenvalue weighted by Crippen LogP contribution is -2.44. The first-order valence-corrected chi connectivity index (χ1v) is 9.54. The van der Waals surface area contributed by atoms with Crippen LogP contribution in [0.5, 0.6) is 0 Å². The Bertz CT molecular complexity index is 1080. The largest absolute Gasteiger partial charge is 0.369 e. The fourth-order valence-corrected chi connectivity index (χ4v) is 3.77. The summed E-state index contributed by atoms with van der Waals surface area (Å²) in [7, 11) is 2.18. The Kier molecular flexibility index (Phi) is 4.25. The molecule has 6 nitrogen and oxygen atoms in total. The first-order valence-electron chi connectivity index (χ1n) is 9.54. The number of nitrogens with zero attached hydrogens (tertiary/aromatic N) is 5. The monoisotopic (exact) mass is 370 g/mol. The summed E-state index contributed by atoms with van der Waals surface area (Å²) < 4.78 is 0. The van der Waals surface area contributed by atoms with Crippen molar-refractivity contribution >= 4 is 16.7 Å². The molecule has 1 aliphatic heterocycles. The molecular weight excluding hydrogens is 348 g/mol. The molecule has 0 bridgehead atoms. The minimum atomic E-state index is 0.872. The summed E-state index contributed by atoms with van der Waals surface area (Å²) in [6.45, 7) is 4.38. The minimum absolute atomic E-state index is 0.872. The van der Waals surface area contributed by atoms with Crippen molar-refractivity contribution in [1.82, 2.24) is 24.8 Å². The molecule has 6 heteroatoms. The molecule has 5 rings (SSSR count). The third-order valence-corrected chi connectivity index (χ3v) is 5.47. The third kappa shape index (κ3) is 3.12. The van der Waals surface area contributed by atoms with E-state index in [0.29, 0.717) is 0 Å². The van der Waals surface area contributed by atoms with Crippen LogP contribution in [0, 0.1) is 0 Å². The van der Waals surface area contributed by atoms with Crippen LogP contribution in [0.4, 0.5) is 5.69 Å². The van der Waals surface area contributed by atoms with Crippen LogP contribution in [-0.2, 0) is 0 Å². The molecule has 0 radical (unpaired) electrons. The van der Waals surface area contributed by atoms with Gasteiger partial charge in [-0.3, -0.25) is 0 Å². The Labute approximate surface area is 163 Å². The molecule has 0 spiro atoms. The summed E-state index contributed by atoms with van der Waals surface area (Å²) in [5, 5.41) is 1.08. The number of aromatic nitrogens is 4. The Hall–Kier alpha value is -3.25. The van der Waals surface area contributed by atoms with E-state index in [-0.39, 0.29) is 0 Å². The third-order valence-electron chi connectivity index (χ3n) is 5.47. The molecule has 0 atom stereocenters. The molecule has 3 aromatic heterocycles. The molecule has 1 aliphatic rings. The van der Waals surface area contributed by atoms with E-state index in [9.17, 15) is 0 Å². The smallest absolute Gasteiger partial charge is 0.137 e. The number of pyridine rings is 1. The maximum absolute atomic E-state index is 4.61. The predicted octanol–water partition coefficient (Wildman–Crippen LogP) is 3.44. The zero-order chi connectivity index (χ0) is 18.9. The van der Waals surface area contributed by atoms with Crippen LogP contribution in [0.3, 0.4) is 0 Å². The number of benzene rings is 1. The molecule has 4 aromatic rings. The molecule has 0 amide bonds. The van der Waals surface area contributed by atoms with E-state index in [1.165, 1.54) is 11.3 Å². The molecule has 1 fully saturated rings. The zero-order valence-electron chi connectivity index (χ0n) is 15.8. The average molecular weight is 370 g/mol. The fourth-order valence-electron chi connectivity index (χ4n) is 3.77. The molecule has 0 unspecified atom stereocenters. The number of piperazine rings is 1. The number of rotatable bonds is 3. The highest BCUT2D eigenvalue weighted by Gasteiger charge is 2.14. The van der Waals surface area contributed by atoms with Gasteiger partial charge >= 0.3 is 0 Å². The number of hydrogen-bond donors (Lipinski definition) is 1. The summed E-state index contributed by atoms with van der Waals surface area (Å²) in [5.41, 5.74) is 6.49. The molecule has 140 valence electrons. The molecule has 0 aliphatic carbocycles. The molecule has 1 saturated heterocycles. The van der Waals surface area contributed by atoms with Crippen LogP contribution >= 0.6 is 0 Å². The van der Waals surface area contributed by atoms with Crippen molar-refractivity contribution in [1.29, 1.82) is 0 Å². The molecule has 28 heavy (non-hydrogen) atoms. The van der Waals surface area contributed by atoms with Crippen molar-refractivity contribution in [2.45, 2.75) is 0 Å². The van der Waals surface area contributed by atoms with Crippen molar-refractivity contribution in [2.75, 3.05) is 38.1 Å². The second-order valence-corrected chi connectivity index (χ2v) is 7.29. The van der Waals surface area contributed by atoms with Gasteiger partial charge in [0.2, 0.25) is 0 Å². The van der Waals surface area contributed by atoms with Gasteiger partial charge in [-0.2, -0.15) is 0 Å². The van der Waals surface area contributed by atoms with Crippen LogP contribution in [0.15, 0.2) is 61.4 Å². The highest BCUT2D eigenvalue weighted by molar-refractivity contribution is 5.95. The van der Waals surface area contributed by atoms with Gasteiger partial charge in [0.15, 0.2) is 0 Å². The van der Waals surface area contributed by atoms with Crippen LogP contribution in [0.25, 0.3) is 33.3 Å². The number of fused-ring (bicyclic) bond motifs is 1. The summed E-state index contributed by atoms with van der Waals surface area (Å²) in [5.74, 6) is 0. The van der Waals surface area contributed by atoms with Gasteiger partial charge < -0.3 is 14.8 Å². The van der Waals surface area contributed by atoms with E-state index in [1.54, 1.807) is 6.33 Å². The van der Waals surface area contributed by atoms with Gasteiger partial charge in [0.25, 0.3) is 0 Å². The molecule has 4 heterocycles. The van der Waals surface area contributed by atoms with Crippen molar-refractivity contribution in [2.24, 2.45) is 0 Å². The number of aromatic amines is 1. The summed E-state index contributed by atoms with van der Waals surface area (Å²) in [4.78, 5) is 20.9. The first-order chi connectivity index (χ1) is 13.8. The lowest BCUT2D eigenvalue weighted by atomic mass is 10.0. The van der Waals surface area contributed by atoms with Crippen molar-refractivity contribution in [3.8, 4) is 22.3 Å². The fraction of sp³-hybridized carbons (Fsp3) is 0.227. The first kappa shape index (κ1) is 16.9. The Balaban J connectivity index is 1.46. The van der Waals surface area contributed by atoms with E-state index in [2.05, 4.69) is 67.1 Å². The Morgan fingerprint density at radius 1 is 0.857 bits per heavy atom. The lowest BCUT2D eigenvalue weighted by Gasteiger charge is -2.34. The SMILES string of the molecule is CN1CCN(c2ccc(-c3cnc4[nH]cc(-c5cncnc5)c4c3)cc2)CC1. The lowest BCUT2D eigenvalue weighted by molar-refractivity contribution is 0.313. The van der Waals surface area contributed by atoms with Crippen LogP contribution in [-0.4, -0.2) is 58.1 Å². The normalized spacial score (nSPS) is 15.2. The van der Waals surface area contributed by atoms with Gasteiger partial charge in [-0.15, -0.1) is 0 Å². The number of nitrogens with one attached hydrogen (secondary N) is 1. The van der Waals surface area contributed by atoms with E-state index in [4.69, 9.17) is 0 Å². The quantitative estimate of drug-likeness (QED) is 0.599. The summed E-state index contributed by atoms with van der Waals surface area (Å²) in [6, 6.07) is 11.0. The highest BCUT2D eigenvalue weighted by Crippen LogP contribution is 2.31. The van der Waals surface area contributed by atoms with Crippen LogP contribution in [0.2, 0.25) is 0 Å². The molecule has 0 saturated carbocycles. The maximum Gasteiger partial charge on any atom is 0.137 e. The van der Waals surface area contributed by atoms with Gasteiger partial charge in [-0.25, -0.2) is 15.0 Å². The van der Waals surface area contributed by atoms with Gasteiger partial charge in [0.1, 0.15) is 12.0 Å². The van der Waals surface area contributed by atoms with Gasteiger partial charge in [-0.05, 0) is 30.8 Å². The average Bonchev–Trinajstić information content (AvgIpc) is 3.18. The number of likely N-dealkylation sites (N-methyl/N-ethyl adjacent to an activating group) is 1.